The zero-order chi connectivity index (χ0) is 15.3. The highest BCUT2D eigenvalue weighted by molar-refractivity contribution is 6.24. The predicted octanol–water partition coefficient (Wildman–Crippen LogP) is 5.09. The van der Waals surface area contributed by atoms with Crippen LogP contribution < -0.4 is 0 Å². The minimum absolute atomic E-state index is 0.0217. The summed E-state index contributed by atoms with van der Waals surface area (Å²) in [5, 5.41) is 0.0217. The van der Waals surface area contributed by atoms with E-state index in [-0.39, 0.29) is 17.1 Å². The second kappa shape index (κ2) is 4.96. The van der Waals surface area contributed by atoms with Crippen LogP contribution in [0.4, 0.5) is 0 Å². The van der Waals surface area contributed by atoms with Gasteiger partial charge in [0.1, 0.15) is 0 Å². The van der Waals surface area contributed by atoms with Gasteiger partial charge in [-0.2, -0.15) is 0 Å². The van der Waals surface area contributed by atoms with Crippen molar-refractivity contribution in [1.29, 1.82) is 0 Å². The van der Waals surface area contributed by atoms with Gasteiger partial charge in [-0.1, -0.05) is 67.6 Å². The quantitative estimate of drug-likeness (QED) is 0.572. The molecule has 0 aromatic heterocycles. The van der Waals surface area contributed by atoms with E-state index in [4.69, 9.17) is 11.6 Å². The molecule has 0 saturated carbocycles. The lowest BCUT2D eigenvalue weighted by Gasteiger charge is -2.19. The number of halogens is 1. The smallest absolute Gasteiger partial charge is 0.194 e. The Morgan fingerprint density at radius 3 is 2.36 bits per heavy atom. The molecule has 2 aliphatic rings. The molecule has 2 heteroatoms. The van der Waals surface area contributed by atoms with Crippen molar-refractivity contribution in [2.75, 3.05) is 0 Å². The van der Waals surface area contributed by atoms with Gasteiger partial charge in [0, 0.05) is 11.1 Å². The number of hydrogen-bond donors (Lipinski definition) is 0. The molecule has 2 aromatic carbocycles. The molecule has 2 aromatic rings. The summed E-state index contributed by atoms with van der Waals surface area (Å²) in [6.45, 7) is 2.10. The van der Waals surface area contributed by atoms with E-state index in [1.807, 2.05) is 54.6 Å². The Bertz CT molecular complexity index is 845. The molecule has 0 N–H and O–H groups in total. The van der Waals surface area contributed by atoms with Crippen LogP contribution in [0.2, 0.25) is 0 Å². The highest BCUT2D eigenvalue weighted by Crippen LogP contribution is 2.41. The van der Waals surface area contributed by atoms with Crippen molar-refractivity contribution in [2.45, 2.75) is 12.3 Å². The molecule has 2 atom stereocenters. The topological polar surface area (TPSA) is 17.1 Å². The maximum Gasteiger partial charge on any atom is 0.194 e. The molecule has 22 heavy (non-hydrogen) atoms. The van der Waals surface area contributed by atoms with Crippen molar-refractivity contribution in [3.63, 3.8) is 0 Å². The van der Waals surface area contributed by atoms with Crippen molar-refractivity contribution in [3.05, 3.63) is 77.4 Å². The summed E-state index contributed by atoms with van der Waals surface area (Å²) in [6.07, 6.45) is 6.20. The van der Waals surface area contributed by atoms with E-state index in [0.717, 1.165) is 33.4 Å². The van der Waals surface area contributed by atoms with E-state index in [2.05, 4.69) is 13.0 Å². The third-order valence-corrected chi connectivity index (χ3v) is 5.01. The molecule has 0 spiro atoms. The third kappa shape index (κ3) is 1.89. The zero-order valence-electron chi connectivity index (χ0n) is 12.2. The molecule has 0 heterocycles. The second-order valence-electron chi connectivity index (χ2n) is 5.89. The largest absolute Gasteiger partial charge is 0.289 e. The number of carbonyl (C=O) groups is 1. The molecular weight excluding hydrogens is 292 g/mol. The fourth-order valence-electron chi connectivity index (χ4n) is 3.29. The third-order valence-electron chi connectivity index (χ3n) is 4.47. The van der Waals surface area contributed by atoms with E-state index in [1.54, 1.807) is 0 Å². The van der Waals surface area contributed by atoms with Crippen molar-refractivity contribution < 1.29 is 4.79 Å². The van der Waals surface area contributed by atoms with Gasteiger partial charge < -0.3 is 0 Å². The normalized spacial score (nSPS) is 22.3. The monoisotopic (exact) mass is 306 g/mol. The first kappa shape index (κ1) is 13.5. The Hall–Kier alpha value is -2.12. The number of ketones is 1. The van der Waals surface area contributed by atoms with Crippen LogP contribution in [-0.2, 0) is 0 Å². The SMILES string of the molecule is CC1C=C(c2cccc3c2C(=O)c2ccccc2-3)C=CC1Cl. The standard InChI is InChI=1S/C20H15ClO/c1-12-11-13(9-10-18(12)21)14-7-4-8-16-15-5-2-3-6-17(15)20(22)19(14)16/h2-12,18H,1H3. The molecule has 0 amide bonds. The maximum absolute atomic E-state index is 12.8. The number of hydrogen-bond acceptors (Lipinski definition) is 1. The van der Waals surface area contributed by atoms with E-state index in [0.29, 0.717) is 0 Å². The first-order valence-corrected chi connectivity index (χ1v) is 7.92. The minimum Gasteiger partial charge on any atom is -0.289 e. The predicted molar refractivity (Wildman–Crippen MR) is 91.2 cm³/mol. The summed E-state index contributed by atoms with van der Waals surface area (Å²) >= 11 is 6.24. The van der Waals surface area contributed by atoms with Crippen LogP contribution >= 0.6 is 11.6 Å². The number of alkyl halides is 1. The van der Waals surface area contributed by atoms with Gasteiger partial charge in [0.2, 0.25) is 0 Å². The average molecular weight is 307 g/mol. The van der Waals surface area contributed by atoms with E-state index in [9.17, 15) is 4.79 Å². The van der Waals surface area contributed by atoms with Crippen LogP contribution in [0.1, 0.15) is 28.4 Å². The molecule has 0 radical (unpaired) electrons. The highest BCUT2D eigenvalue weighted by Gasteiger charge is 2.29. The Labute approximate surface area is 134 Å². The van der Waals surface area contributed by atoms with Crippen LogP contribution in [0.5, 0.6) is 0 Å². The fraction of sp³-hybridized carbons (Fsp3) is 0.150. The molecule has 108 valence electrons. The van der Waals surface area contributed by atoms with Gasteiger partial charge in [0.05, 0.1) is 5.38 Å². The van der Waals surface area contributed by atoms with Gasteiger partial charge >= 0.3 is 0 Å². The summed E-state index contributed by atoms with van der Waals surface area (Å²) in [7, 11) is 0. The van der Waals surface area contributed by atoms with Crippen molar-refractivity contribution >= 4 is 23.0 Å². The lowest BCUT2D eigenvalue weighted by Crippen LogP contribution is -2.10. The number of rotatable bonds is 1. The summed E-state index contributed by atoms with van der Waals surface area (Å²) in [5.74, 6) is 0.382. The van der Waals surface area contributed by atoms with Gasteiger partial charge in [0.15, 0.2) is 5.78 Å². The summed E-state index contributed by atoms with van der Waals surface area (Å²) in [5.41, 5.74) is 5.78. The van der Waals surface area contributed by atoms with Gasteiger partial charge in [-0.15, -0.1) is 11.6 Å². The van der Waals surface area contributed by atoms with Crippen molar-refractivity contribution in [3.8, 4) is 11.1 Å². The van der Waals surface area contributed by atoms with Crippen LogP contribution in [0.15, 0.2) is 60.7 Å². The fourth-order valence-corrected chi connectivity index (χ4v) is 3.44. The van der Waals surface area contributed by atoms with Gasteiger partial charge in [-0.3, -0.25) is 4.79 Å². The summed E-state index contributed by atoms with van der Waals surface area (Å²) < 4.78 is 0. The highest BCUT2D eigenvalue weighted by atomic mass is 35.5. The summed E-state index contributed by atoms with van der Waals surface area (Å²) in [6, 6.07) is 13.9. The first-order chi connectivity index (χ1) is 10.7. The molecule has 2 aliphatic carbocycles. The molecule has 2 unspecified atom stereocenters. The Balaban J connectivity index is 1.91. The lowest BCUT2D eigenvalue weighted by molar-refractivity contribution is 0.104. The molecule has 4 rings (SSSR count). The van der Waals surface area contributed by atoms with Crippen LogP contribution in [0.3, 0.4) is 0 Å². The molecule has 0 aliphatic heterocycles. The Kier molecular flexibility index (Phi) is 3.05. The molecule has 1 nitrogen and oxygen atoms in total. The van der Waals surface area contributed by atoms with E-state index >= 15 is 0 Å². The Morgan fingerprint density at radius 1 is 0.909 bits per heavy atom. The minimum atomic E-state index is 0.0217. The second-order valence-corrected chi connectivity index (χ2v) is 6.39. The number of carbonyl (C=O) groups excluding carboxylic acids is 1. The van der Waals surface area contributed by atoms with Crippen molar-refractivity contribution in [1.82, 2.24) is 0 Å². The average Bonchev–Trinajstić information content (AvgIpc) is 2.84. The van der Waals surface area contributed by atoms with Crippen molar-refractivity contribution in [2.24, 2.45) is 5.92 Å². The van der Waals surface area contributed by atoms with Crippen LogP contribution in [0.25, 0.3) is 16.7 Å². The number of allylic oxidation sites excluding steroid dienone is 4. The maximum atomic E-state index is 12.8. The number of benzene rings is 2. The molecule has 0 saturated heterocycles. The zero-order valence-corrected chi connectivity index (χ0v) is 13.0. The van der Waals surface area contributed by atoms with Gasteiger partial charge in [-0.05, 0) is 28.2 Å². The molecule has 0 bridgehead atoms. The first-order valence-electron chi connectivity index (χ1n) is 7.48. The summed E-state index contributed by atoms with van der Waals surface area (Å²) in [4.78, 5) is 12.8. The van der Waals surface area contributed by atoms with E-state index in [1.165, 1.54) is 0 Å². The van der Waals surface area contributed by atoms with E-state index < -0.39 is 0 Å². The van der Waals surface area contributed by atoms with Gasteiger partial charge in [0.25, 0.3) is 0 Å². The molecular formula is C20H15ClO. The number of fused-ring (bicyclic) bond motifs is 3. The lowest BCUT2D eigenvalue weighted by atomic mass is 9.89. The van der Waals surface area contributed by atoms with Crippen LogP contribution in [0, 0.1) is 5.92 Å². The Morgan fingerprint density at radius 2 is 1.59 bits per heavy atom. The van der Waals surface area contributed by atoms with Gasteiger partial charge in [-0.25, -0.2) is 0 Å². The molecule has 0 fully saturated rings. The van der Waals surface area contributed by atoms with Crippen LogP contribution in [-0.4, -0.2) is 11.2 Å².